The smallest absolute Gasteiger partial charge is 0.250 e. The highest BCUT2D eigenvalue weighted by molar-refractivity contribution is 7.91. The molecule has 1 rings (SSSR count). The van der Waals surface area contributed by atoms with Gasteiger partial charge in [0.25, 0.3) is 0 Å². The van der Waals surface area contributed by atoms with Crippen molar-refractivity contribution in [3.8, 4) is 0 Å². The zero-order valence-corrected chi connectivity index (χ0v) is 12.9. The van der Waals surface area contributed by atoms with E-state index in [1.165, 1.54) is 6.07 Å². The zero-order chi connectivity index (χ0) is 14.3. The number of aliphatic hydroxyl groups is 1. The molecule has 7 heteroatoms. The van der Waals surface area contributed by atoms with Gasteiger partial charge in [0.1, 0.15) is 4.21 Å². The summed E-state index contributed by atoms with van der Waals surface area (Å²) in [7, 11) is -3.44. The van der Waals surface area contributed by atoms with Crippen molar-refractivity contribution in [3.63, 3.8) is 0 Å². The molecule has 0 aromatic carbocycles. The van der Waals surface area contributed by atoms with Gasteiger partial charge in [0.15, 0.2) is 0 Å². The number of thiophene rings is 1. The quantitative estimate of drug-likeness (QED) is 0.681. The van der Waals surface area contributed by atoms with Crippen LogP contribution in [0.5, 0.6) is 0 Å². The Morgan fingerprint density at radius 2 is 2.16 bits per heavy atom. The molecule has 0 aliphatic rings. The fraction of sp³-hybridized carbons (Fsp3) is 0.667. The summed E-state index contributed by atoms with van der Waals surface area (Å²) < 4.78 is 31.9. The Bertz CT molecular complexity index is 468. The highest BCUT2D eigenvalue weighted by atomic mass is 32.2. The molecule has 19 heavy (non-hydrogen) atoms. The van der Waals surface area contributed by atoms with E-state index in [1.54, 1.807) is 5.38 Å². The normalized spacial score (nSPS) is 12.2. The van der Waals surface area contributed by atoms with Crippen LogP contribution < -0.4 is 4.72 Å². The summed E-state index contributed by atoms with van der Waals surface area (Å²) in [4.78, 5) is 0. The molecule has 0 atom stereocenters. The first-order chi connectivity index (χ1) is 8.95. The molecule has 0 unspecified atom stereocenters. The summed E-state index contributed by atoms with van der Waals surface area (Å²) >= 11 is 1.12. The predicted octanol–water partition coefficient (Wildman–Crippen LogP) is 1.72. The first kappa shape index (κ1) is 16.6. The van der Waals surface area contributed by atoms with Gasteiger partial charge in [-0.05, 0) is 43.7 Å². The average Bonchev–Trinajstić information content (AvgIpc) is 2.82. The first-order valence-corrected chi connectivity index (χ1v) is 8.61. The van der Waals surface area contributed by atoms with Gasteiger partial charge >= 0.3 is 0 Å². The minimum absolute atomic E-state index is 0.140. The standard InChI is InChI=1S/C12H21NO4S2/c1-10(2)17-6-4-3-5-13-19(15,16)12-7-11(8-14)9-18-12/h7,9-10,13-14H,3-6,8H2,1-2H3. The molecule has 0 spiro atoms. The Hall–Kier alpha value is -0.470. The lowest BCUT2D eigenvalue weighted by Gasteiger charge is -2.07. The third-order valence-corrected chi connectivity index (χ3v) is 5.34. The van der Waals surface area contributed by atoms with E-state index in [9.17, 15) is 8.42 Å². The first-order valence-electron chi connectivity index (χ1n) is 6.25. The van der Waals surface area contributed by atoms with E-state index < -0.39 is 10.0 Å². The fourth-order valence-electron chi connectivity index (χ4n) is 1.40. The number of unbranched alkanes of at least 4 members (excludes halogenated alkanes) is 1. The molecule has 5 nitrogen and oxygen atoms in total. The monoisotopic (exact) mass is 307 g/mol. The molecule has 1 aromatic rings. The van der Waals surface area contributed by atoms with Gasteiger partial charge in [0.2, 0.25) is 10.0 Å². The van der Waals surface area contributed by atoms with Crippen molar-refractivity contribution in [1.82, 2.24) is 4.72 Å². The van der Waals surface area contributed by atoms with Crippen LogP contribution in [0, 0.1) is 0 Å². The van der Waals surface area contributed by atoms with Crippen molar-refractivity contribution in [3.05, 3.63) is 17.0 Å². The highest BCUT2D eigenvalue weighted by Crippen LogP contribution is 2.19. The van der Waals surface area contributed by atoms with Crippen LogP contribution in [0.15, 0.2) is 15.7 Å². The number of sulfonamides is 1. The highest BCUT2D eigenvalue weighted by Gasteiger charge is 2.15. The molecule has 0 bridgehead atoms. The van der Waals surface area contributed by atoms with Gasteiger partial charge in [-0.25, -0.2) is 13.1 Å². The van der Waals surface area contributed by atoms with Crippen molar-refractivity contribution in [2.75, 3.05) is 13.2 Å². The zero-order valence-electron chi connectivity index (χ0n) is 11.3. The second-order valence-corrected chi connectivity index (χ2v) is 7.36. The van der Waals surface area contributed by atoms with E-state index in [0.29, 0.717) is 18.7 Å². The summed E-state index contributed by atoms with van der Waals surface area (Å²) in [5.74, 6) is 0. The molecule has 0 radical (unpaired) electrons. The second kappa shape index (κ2) is 7.96. The molecule has 0 amide bonds. The van der Waals surface area contributed by atoms with Crippen LogP contribution >= 0.6 is 11.3 Å². The summed E-state index contributed by atoms with van der Waals surface area (Å²) in [5.41, 5.74) is 0.621. The van der Waals surface area contributed by atoms with Crippen molar-refractivity contribution >= 4 is 21.4 Å². The number of hydrogen-bond acceptors (Lipinski definition) is 5. The van der Waals surface area contributed by atoms with E-state index in [-0.39, 0.29) is 16.9 Å². The van der Waals surface area contributed by atoms with E-state index in [0.717, 1.165) is 24.2 Å². The van der Waals surface area contributed by atoms with Gasteiger partial charge in [-0.1, -0.05) is 0 Å². The largest absolute Gasteiger partial charge is 0.392 e. The van der Waals surface area contributed by atoms with Crippen LogP contribution in [0.25, 0.3) is 0 Å². The van der Waals surface area contributed by atoms with E-state index in [1.807, 2.05) is 13.8 Å². The van der Waals surface area contributed by atoms with Gasteiger partial charge in [-0.15, -0.1) is 11.3 Å². The minimum atomic E-state index is -3.44. The summed E-state index contributed by atoms with van der Waals surface area (Å²) in [6.45, 7) is 4.85. The van der Waals surface area contributed by atoms with Gasteiger partial charge < -0.3 is 9.84 Å². The Labute approximate surface area is 118 Å². The average molecular weight is 307 g/mol. The molecule has 0 saturated carbocycles. The summed E-state index contributed by atoms with van der Waals surface area (Å²) in [6.07, 6.45) is 1.77. The summed E-state index contributed by atoms with van der Waals surface area (Å²) in [6, 6.07) is 1.49. The number of aliphatic hydroxyl groups excluding tert-OH is 1. The van der Waals surface area contributed by atoms with Crippen LogP contribution in [0.4, 0.5) is 0 Å². The number of nitrogens with one attached hydrogen (secondary N) is 1. The molecule has 1 heterocycles. The molecule has 2 N–H and O–H groups in total. The van der Waals surface area contributed by atoms with Crippen LogP contribution in [0.1, 0.15) is 32.3 Å². The SMILES string of the molecule is CC(C)OCCCCNS(=O)(=O)c1cc(CO)cs1. The van der Waals surface area contributed by atoms with Crippen LogP contribution in [0.2, 0.25) is 0 Å². The second-order valence-electron chi connectivity index (χ2n) is 4.46. The molecule has 1 aromatic heterocycles. The Kier molecular flexibility index (Phi) is 6.95. The van der Waals surface area contributed by atoms with Crippen molar-refractivity contribution in [2.24, 2.45) is 0 Å². The third-order valence-electron chi connectivity index (χ3n) is 2.39. The van der Waals surface area contributed by atoms with E-state index in [4.69, 9.17) is 9.84 Å². The Balaban J connectivity index is 2.31. The van der Waals surface area contributed by atoms with E-state index in [2.05, 4.69) is 4.72 Å². The van der Waals surface area contributed by atoms with Crippen molar-refractivity contribution < 1.29 is 18.3 Å². The van der Waals surface area contributed by atoms with Crippen LogP contribution in [0.3, 0.4) is 0 Å². The lowest BCUT2D eigenvalue weighted by Crippen LogP contribution is -2.24. The Morgan fingerprint density at radius 1 is 1.42 bits per heavy atom. The van der Waals surface area contributed by atoms with Gasteiger partial charge in [0, 0.05) is 13.2 Å². The molecule has 0 saturated heterocycles. The molecule has 0 aliphatic heterocycles. The maximum atomic E-state index is 11.9. The molecular weight excluding hydrogens is 286 g/mol. The Morgan fingerprint density at radius 3 is 2.74 bits per heavy atom. The number of rotatable bonds is 9. The van der Waals surface area contributed by atoms with Crippen LogP contribution in [-0.2, 0) is 21.4 Å². The third kappa shape index (κ3) is 6.01. The molecule has 0 aliphatic carbocycles. The van der Waals surface area contributed by atoms with Crippen LogP contribution in [-0.4, -0.2) is 32.8 Å². The van der Waals surface area contributed by atoms with Crippen molar-refractivity contribution in [2.45, 2.75) is 43.6 Å². The van der Waals surface area contributed by atoms with Gasteiger partial charge in [0.05, 0.1) is 12.7 Å². The number of ether oxygens (including phenoxy) is 1. The minimum Gasteiger partial charge on any atom is -0.392 e. The lowest BCUT2D eigenvalue weighted by atomic mass is 10.3. The van der Waals surface area contributed by atoms with Crippen molar-refractivity contribution in [1.29, 1.82) is 0 Å². The fourth-order valence-corrected chi connectivity index (χ4v) is 3.72. The predicted molar refractivity (Wildman–Crippen MR) is 75.8 cm³/mol. The lowest BCUT2D eigenvalue weighted by molar-refractivity contribution is 0.0762. The topological polar surface area (TPSA) is 75.6 Å². The van der Waals surface area contributed by atoms with Gasteiger partial charge in [-0.2, -0.15) is 0 Å². The van der Waals surface area contributed by atoms with E-state index >= 15 is 0 Å². The number of hydrogen-bond donors (Lipinski definition) is 2. The van der Waals surface area contributed by atoms with Gasteiger partial charge in [-0.3, -0.25) is 0 Å². The summed E-state index contributed by atoms with van der Waals surface area (Å²) in [5, 5.41) is 10.6. The molecule has 110 valence electrons. The maximum Gasteiger partial charge on any atom is 0.250 e. The molecule has 0 fully saturated rings. The molecular formula is C12H21NO4S2. The maximum absolute atomic E-state index is 11.9.